The van der Waals surface area contributed by atoms with E-state index in [1.54, 1.807) is 4.90 Å². The Hall–Kier alpha value is -1.10. The van der Waals surface area contributed by atoms with Gasteiger partial charge in [0.25, 0.3) is 0 Å². The van der Waals surface area contributed by atoms with Crippen molar-refractivity contribution in [3.63, 3.8) is 0 Å². The number of amides is 1. The van der Waals surface area contributed by atoms with Crippen molar-refractivity contribution in [1.29, 1.82) is 0 Å². The van der Waals surface area contributed by atoms with Crippen molar-refractivity contribution in [2.24, 2.45) is 0 Å². The van der Waals surface area contributed by atoms with Crippen LogP contribution in [0, 0.1) is 0 Å². The van der Waals surface area contributed by atoms with Crippen LogP contribution in [0.25, 0.3) is 0 Å². The molecule has 0 aromatic rings. The maximum Gasteiger partial charge on any atom is 0.303 e. The van der Waals surface area contributed by atoms with Crippen molar-refractivity contribution >= 4 is 11.9 Å². The standard InChI is InChI=1S/C10H17NO4.2C2H6/c1-8-7-11(5-6-15-8)9(12)3-2-4-10(13)14;2*1-2/h8H,2-7H2,1H3,(H,13,14);2*1-2H3. The van der Waals surface area contributed by atoms with Gasteiger partial charge in [-0.3, -0.25) is 9.59 Å². The molecule has 0 spiro atoms. The van der Waals surface area contributed by atoms with Crippen molar-refractivity contribution in [2.45, 2.75) is 60.0 Å². The van der Waals surface area contributed by atoms with E-state index in [1.165, 1.54) is 0 Å². The van der Waals surface area contributed by atoms with Crippen LogP contribution >= 0.6 is 0 Å². The second kappa shape index (κ2) is 13.3. The summed E-state index contributed by atoms with van der Waals surface area (Å²) in [5.74, 6) is -0.815. The number of morpholine rings is 1. The molecule has 1 heterocycles. The van der Waals surface area contributed by atoms with Crippen molar-refractivity contribution in [2.75, 3.05) is 19.7 Å². The Balaban J connectivity index is 0. The van der Waals surface area contributed by atoms with E-state index in [4.69, 9.17) is 9.84 Å². The molecule has 1 fully saturated rings. The molecule has 1 amide bonds. The van der Waals surface area contributed by atoms with E-state index >= 15 is 0 Å². The third-order valence-corrected chi connectivity index (χ3v) is 2.38. The smallest absolute Gasteiger partial charge is 0.303 e. The molecule has 1 rings (SSSR count). The number of carbonyl (C=O) groups excluding carboxylic acids is 1. The number of rotatable bonds is 4. The van der Waals surface area contributed by atoms with Gasteiger partial charge in [0.2, 0.25) is 5.91 Å². The fraction of sp³-hybridized carbons (Fsp3) is 0.857. The second-order valence-corrected chi connectivity index (χ2v) is 3.77. The Kier molecular flexibility index (Phi) is 14.2. The van der Waals surface area contributed by atoms with Gasteiger partial charge in [-0.2, -0.15) is 0 Å². The molecule has 1 saturated heterocycles. The first-order valence-electron chi connectivity index (χ1n) is 7.21. The van der Waals surface area contributed by atoms with Gasteiger partial charge in [-0.1, -0.05) is 27.7 Å². The molecule has 1 aliphatic heterocycles. The van der Waals surface area contributed by atoms with Gasteiger partial charge in [0.1, 0.15) is 0 Å². The number of hydrogen-bond donors (Lipinski definition) is 1. The quantitative estimate of drug-likeness (QED) is 0.856. The zero-order valence-corrected chi connectivity index (χ0v) is 12.9. The molecule has 1 N–H and O–H groups in total. The highest BCUT2D eigenvalue weighted by Gasteiger charge is 2.20. The zero-order chi connectivity index (χ0) is 15.3. The average Bonchev–Trinajstić information content (AvgIpc) is 2.43. The minimum Gasteiger partial charge on any atom is -0.481 e. The summed E-state index contributed by atoms with van der Waals surface area (Å²) in [7, 11) is 0. The van der Waals surface area contributed by atoms with E-state index in [0.29, 0.717) is 32.5 Å². The molecular weight excluding hydrogens is 246 g/mol. The van der Waals surface area contributed by atoms with Crippen LogP contribution < -0.4 is 0 Å². The summed E-state index contributed by atoms with van der Waals surface area (Å²) >= 11 is 0. The van der Waals surface area contributed by atoms with Crippen LogP contribution in [0.5, 0.6) is 0 Å². The van der Waals surface area contributed by atoms with Gasteiger partial charge >= 0.3 is 5.97 Å². The van der Waals surface area contributed by atoms with Gasteiger partial charge in [0.15, 0.2) is 0 Å². The van der Waals surface area contributed by atoms with Gasteiger partial charge in [0, 0.05) is 25.9 Å². The van der Waals surface area contributed by atoms with Crippen molar-refractivity contribution in [1.82, 2.24) is 4.90 Å². The molecule has 5 heteroatoms. The highest BCUT2D eigenvalue weighted by Crippen LogP contribution is 2.08. The van der Waals surface area contributed by atoms with Crippen molar-refractivity contribution < 1.29 is 19.4 Å². The number of ether oxygens (including phenoxy) is 1. The average molecular weight is 275 g/mol. The fourth-order valence-electron chi connectivity index (χ4n) is 1.59. The molecule has 0 aromatic heterocycles. The lowest BCUT2D eigenvalue weighted by atomic mass is 10.2. The Labute approximate surface area is 116 Å². The summed E-state index contributed by atoms with van der Waals surface area (Å²) in [4.78, 5) is 23.6. The number of carboxylic acid groups (broad SMARTS) is 1. The second-order valence-electron chi connectivity index (χ2n) is 3.77. The molecule has 0 radical (unpaired) electrons. The van der Waals surface area contributed by atoms with Gasteiger partial charge in [-0.05, 0) is 13.3 Å². The van der Waals surface area contributed by atoms with E-state index in [1.807, 2.05) is 34.6 Å². The van der Waals surface area contributed by atoms with E-state index in [-0.39, 0.29) is 18.4 Å². The maximum absolute atomic E-state index is 11.6. The van der Waals surface area contributed by atoms with Gasteiger partial charge in [0.05, 0.1) is 12.7 Å². The normalized spacial score (nSPS) is 17.5. The summed E-state index contributed by atoms with van der Waals surface area (Å²) in [6.45, 7) is 11.7. The summed E-state index contributed by atoms with van der Waals surface area (Å²) in [6.07, 6.45) is 0.882. The largest absolute Gasteiger partial charge is 0.481 e. The molecule has 0 aromatic carbocycles. The van der Waals surface area contributed by atoms with Crippen LogP contribution in [0.15, 0.2) is 0 Å². The summed E-state index contributed by atoms with van der Waals surface area (Å²) < 4.78 is 5.31. The lowest BCUT2D eigenvalue weighted by Crippen LogP contribution is -2.44. The molecule has 1 aliphatic rings. The number of hydrogen-bond acceptors (Lipinski definition) is 3. The lowest BCUT2D eigenvalue weighted by molar-refractivity contribution is -0.139. The molecule has 114 valence electrons. The number of carbonyl (C=O) groups is 2. The Bertz CT molecular complexity index is 244. The molecular formula is C14H29NO4. The van der Waals surface area contributed by atoms with Gasteiger partial charge in [-0.15, -0.1) is 0 Å². The van der Waals surface area contributed by atoms with Crippen LogP contribution in [0.3, 0.4) is 0 Å². The van der Waals surface area contributed by atoms with E-state index in [2.05, 4.69) is 0 Å². The van der Waals surface area contributed by atoms with E-state index < -0.39 is 5.97 Å². The molecule has 19 heavy (non-hydrogen) atoms. The van der Waals surface area contributed by atoms with Crippen LogP contribution in [0.4, 0.5) is 0 Å². The summed E-state index contributed by atoms with van der Waals surface area (Å²) in [5.41, 5.74) is 0. The van der Waals surface area contributed by atoms with Crippen molar-refractivity contribution in [3.8, 4) is 0 Å². The lowest BCUT2D eigenvalue weighted by Gasteiger charge is -2.31. The predicted octanol–water partition coefficient (Wildman–Crippen LogP) is 2.54. The summed E-state index contributed by atoms with van der Waals surface area (Å²) in [5, 5.41) is 8.43. The number of carboxylic acids is 1. The molecule has 1 atom stereocenters. The van der Waals surface area contributed by atoms with Crippen molar-refractivity contribution in [3.05, 3.63) is 0 Å². The first kappa shape index (κ1) is 20.2. The number of aliphatic carboxylic acids is 1. The van der Waals surface area contributed by atoms with E-state index in [9.17, 15) is 9.59 Å². The third-order valence-electron chi connectivity index (χ3n) is 2.38. The van der Waals surface area contributed by atoms with Crippen LogP contribution in [-0.2, 0) is 14.3 Å². The molecule has 0 bridgehead atoms. The zero-order valence-electron chi connectivity index (χ0n) is 12.9. The minimum absolute atomic E-state index is 0.0337. The Morgan fingerprint density at radius 2 is 1.79 bits per heavy atom. The molecule has 1 unspecified atom stereocenters. The first-order chi connectivity index (χ1) is 9.09. The fourth-order valence-corrected chi connectivity index (χ4v) is 1.59. The number of nitrogens with zero attached hydrogens (tertiary/aromatic N) is 1. The van der Waals surface area contributed by atoms with Gasteiger partial charge in [-0.25, -0.2) is 0 Å². The first-order valence-corrected chi connectivity index (χ1v) is 7.21. The van der Waals surface area contributed by atoms with Crippen LogP contribution in [0.1, 0.15) is 53.9 Å². The SMILES string of the molecule is CC.CC.CC1CN(C(=O)CCCC(=O)O)CCO1. The van der Waals surface area contributed by atoms with E-state index in [0.717, 1.165) is 0 Å². The highest BCUT2D eigenvalue weighted by atomic mass is 16.5. The topological polar surface area (TPSA) is 66.8 Å². The minimum atomic E-state index is -0.849. The monoisotopic (exact) mass is 275 g/mol. The third kappa shape index (κ3) is 10.5. The Morgan fingerprint density at radius 1 is 1.21 bits per heavy atom. The molecule has 0 saturated carbocycles. The highest BCUT2D eigenvalue weighted by molar-refractivity contribution is 5.77. The Morgan fingerprint density at radius 3 is 2.26 bits per heavy atom. The van der Waals surface area contributed by atoms with Crippen LogP contribution in [0.2, 0.25) is 0 Å². The summed E-state index contributed by atoms with van der Waals surface area (Å²) in [6, 6.07) is 0. The van der Waals surface area contributed by atoms with Gasteiger partial charge < -0.3 is 14.7 Å². The molecule has 0 aliphatic carbocycles. The maximum atomic E-state index is 11.6. The molecule has 5 nitrogen and oxygen atoms in total. The predicted molar refractivity (Wildman–Crippen MR) is 76.2 cm³/mol. The van der Waals surface area contributed by atoms with Crippen LogP contribution in [-0.4, -0.2) is 47.7 Å².